The lowest BCUT2D eigenvalue weighted by Gasteiger charge is -2.42. The molecule has 150 valence electrons. The number of hydrogen-bond acceptors (Lipinski definition) is 5. The summed E-state index contributed by atoms with van der Waals surface area (Å²) < 4.78 is 11.8. The quantitative estimate of drug-likeness (QED) is 0.691. The first-order valence-electron chi connectivity index (χ1n) is 8.69. The molecule has 1 atom stereocenters. The number of piperazine rings is 1. The third-order valence-electron chi connectivity index (χ3n) is 5.24. The van der Waals surface area contributed by atoms with Gasteiger partial charge in [-0.05, 0) is 33.6 Å². The molecule has 2 aliphatic heterocycles. The summed E-state index contributed by atoms with van der Waals surface area (Å²) in [6.07, 6.45) is 1.38. The van der Waals surface area contributed by atoms with E-state index in [1.54, 1.807) is 7.11 Å². The molecule has 1 aromatic carbocycles. The first kappa shape index (κ1) is 24.0. The van der Waals surface area contributed by atoms with Crippen molar-refractivity contribution >= 4 is 40.7 Å². The Bertz CT molecular complexity index is 553. The highest BCUT2D eigenvalue weighted by atomic mass is 79.9. The number of methoxy groups -OCH3 is 1. The smallest absolute Gasteiger partial charge is 0.133 e. The van der Waals surface area contributed by atoms with Crippen LogP contribution in [0, 0.1) is 0 Å². The second kappa shape index (κ2) is 11.1. The van der Waals surface area contributed by atoms with Gasteiger partial charge in [-0.15, -0.1) is 24.8 Å². The van der Waals surface area contributed by atoms with Crippen molar-refractivity contribution < 1.29 is 14.6 Å². The average Bonchev–Trinajstić information content (AvgIpc) is 2.61. The maximum absolute atomic E-state index is 11.4. The van der Waals surface area contributed by atoms with E-state index in [2.05, 4.69) is 38.3 Å². The fraction of sp³-hybridized carbons (Fsp3) is 0.667. The normalized spacial score (nSPS) is 21.2. The van der Waals surface area contributed by atoms with Crippen molar-refractivity contribution in [1.82, 2.24) is 10.2 Å². The van der Waals surface area contributed by atoms with Gasteiger partial charge in [0.2, 0.25) is 0 Å². The third-order valence-corrected chi connectivity index (χ3v) is 5.86. The summed E-state index contributed by atoms with van der Waals surface area (Å²) in [6, 6.07) is 6.16. The highest BCUT2D eigenvalue weighted by Gasteiger charge is 2.40. The SMILES string of the molecule is COc1ccc(C(CN2CCNCC2)C2(O)CCOCC2)cc1Br.Cl.Cl. The van der Waals surface area contributed by atoms with Gasteiger partial charge in [0.25, 0.3) is 0 Å². The molecule has 0 bridgehead atoms. The Morgan fingerprint density at radius 1 is 1.27 bits per heavy atom. The van der Waals surface area contributed by atoms with Crippen molar-refractivity contribution in [1.29, 1.82) is 0 Å². The van der Waals surface area contributed by atoms with E-state index in [0.717, 1.165) is 48.5 Å². The van der Waals surface area contributed by atoms with Crippen LogP contribution in [-0.4, -0.2) is 68.7 Å². The number of rotatable bonds is 5. The molecule has 0 saturated carbocycles. The largest absolute Gasteiger partial charge is 0.496 e. The molecule has 0 radical (unpaired) electrons. The van der Waals surface area contributed by atoms with Gasteiger partial charge in [0.15, 0.2) is 0 Å². The molecular formula is C18H29BrCl2N2O3. The zero-order valence-electron chi connectivity index (χ0n) is 15.1. The lowest BCUT2D eigenvalue weighted by atomic mass is 9.76. The number of halogens is 3. The summed E-state index contributed by atoms with van der Waals surface area (Å²) in [5.41, 5.74) is 0.447. The van der Waals surface area contributed by atoms with Gasteiger partial charge >= 0.3 is 0 Å². The highest BCUT2D eigenvalue weighted by Crippen LogP contribution is 2.39. The lowest BCUT2D eigenvalue weighted by molar-refractivity contribution is -0.0851. The van der Waals surface area contributed by atoms with Crippen LogP contribution in [0.25, 0.3) is 0 Å². The molecule has 3 rings (SSSR count). The predicted molar refractivity (Wildman–Crippen MR) is 112 cm³/mol. The molecule has 1 aromatic rings. The minimum Gasteiger partial charge on any atom is -0.496 e. The number of nitrogens with one attached hydrogen (secondary N) is 1. The Labute approximate surface area is 176 Å². The van der Waals surface area contributed by atoms with E-state index >= 15 is 0 Å². The second-order valence-electron chi connectivity index (χ2n) is 6.71. The standard InChI is InChI=1S/C18H27BrN2O3.2ClH/c1-23-17-3-2-14(12-16(17)19)15(13-21-8-6-20-7-9-21)18(22)4-10-24-11-5-18;;/h2-3,12,15,20,22H,4-11,13H2,1H3;2*1H. The van der Waals surface area contributed by atoms with Gasteiger partial charge in [-0.2, -0.15) is 0 Å². The van der Waals surface area contributed by atoms with E-state index < -0.39 is 5.60 Å². The maximum atomic E-state index is 11.4. The molecule has 2 heterocycles. The monoisotopic (exact) mass is 470 g/mol. The Morgan fingerprint density at radius 2 is 1.92 bits per heavy atom. The topological polar surface area (TPSA) is 54.0 Å². The maximum Gasteiger partial charge on any atom is 0.133 e. The average molecular weight is 472 g/mol. The van der Waals surface area contributed by atoms with Crippen molar-refractivity contribution in [2.45, 2.75) is 24.4 Å². The third kappa shape index (κ3) is 5.71. The fourth-order valence-electron chi connectivity index (χ4n) is 3.71. The molecule has 2 N–H and O–H groups in total. The lowest BCUT2D eigenvalue weighted by Crippen LogP contribution is -2.50. The Hall–Kier alpha value is -0.0800. The van der Waals surface area contributed by atoms with Crippen molar-refractivity contribution in [2.24, 2.45) is 0 Å². The van der Waals surface area contributed by atoms with Crippen LogP contribution in [0.2, 0.25) is 0 Å². The summed E-state index contributed by atoms with van der Waals surface area (Å²) in [7, 11) is 1.67. The molecule has 0 spiro atoms. The van der Waals surface area contributed by atoms with E-state index in [4.69, 9.17) is 9.47 Å². The number of benzene rings is 1. The van der Waals surface area contributed by atoms with Gasteiger partial charge < -0.3 is 24.8 Å². The minimum absolute atomic E-state index is 0. The van der Waals surface area contributed by atoms with Crippen LogP contribution in [0.4, 0.5) is 0 Å². The van der Waals surface area contributed by atoms with E-state index in [-0.39, 0.29) is 30.7 Å². The molecule has 0 amide bonds. The van der Waals surface area contributed by atoms with Crippen LogP contribution in [0.5, 0.6) is 5.75 Å². The fourth-order valence-corrected chi connectivity index (χ4v) is 4.27. The van der Waals surface area contributed by atoms with E-state index in [1.807, 2.05) is 6.07 Å². The summed E-state index contributed by atoms with van der Waals surface area (Å²) >= 11 is 3.59. The van der Waals surface area contributed by atoms with Crippen LogP contribution >= 0.6 is 40.7 Å². The predicted octanol–water partition coefficient (Wildman–Crippen LogP) is 2.83. The van der Waals surface area contributed by atoms with E-state index in [1.165, 1.54) is 0 Å². The second-order valence-corrected chi connectivity index (χ2v) is 7.57. The van der Waals surface area contributed by atoms with E-state index in [0.29, 0.717) is 26.1 Å². The van der Waals surface area contributed by atoms with Gasteiger partial charge in [-0.1, -0.05) is 6.07 Å². The first-order valence-corrected chi connectivity index (χ1v) is 9.48. The molecule has 2 fully saturated rings. The Morgan fingerprint density at radius 3 is 2.50 bits per heavy atom. The molecule has 2 saturated heterocycles. The first-order chi connectivity index (χ1) is 11.6. The highest BCUT2D eigenvalue weighted by molar-refractivity contribution is 9.10. The zero-order valence-corrected chi connectivity index (χ0v) is 18.3. The van der Waals surface area contributed by atoms with Gasteiger partial charge in [0.05, 0.1) is 17.2 Å². The molecule has 8 heteroatoms. The summed E-state index contributed by atoms with van der Waals surface area (Å²) in [4.78, 5) is 2.45. The minimum atomic E-state index is -0.711. The van der Waals surface area contributed by atoms with Crippen molar-refractivity contribution in [3.63, 3.8) is 0 Å². The molecule has 0 aliphatic carbocycles. The van der Waals surface area contributed by atoms with Crippen LogP contribution < -0.4 is 10.1 Å². The molecule has 2 aliphatic rings. The molecule has 5 nitrogen and oxygen atoms in total. The van der Waals surface area contributed by atoms with Gasteiger partial charge in [0.1, 0.15) is 5.75 Å². The molecular weight excluding hydrogens is 443 g/mol. The van der Waals surface area contributed by atoms with Gasteiger partial charge in [-0.25, -0.2) is 0 Å². The number of hydrogen-bond donors (Lipinski definition) is 2. The number of nitrogens with zero attached hydrogens (tertiary/aromatic N) is 1. The number of aliphatic hydroxyl groups is 1. The number of ether oxygens (including phenoxy) is 2. The van der Waals surface area contributed by atoms with Crippen LogP contribution in [0.15, 0.2) is 22.7 Å². The van der Waals surface area contributed by atoms with Crippen LogP contribution in [0.3, 0.4) is 0 Å². The van der Waals surface area contributed by atoms with Crippen molar-refractivity contribution in [3.8, 4) is 5.75 Å². The van der Waals surface area contributed by atoms with Crippen molar-refractivity contribution in [2.75, 3.05) is 53.0 Å². The van der Waals surface area contributed by atoms with Crippen LogP contribution in [0.1, 0.15) is 24.3 Å². The summed E-state index contributed by atoms with van der Waals surface area (Å²) in [6.45, 7) is 6.22. The molecule has 1 unspecified atom stereocenters. The summed E-state index contributed by atoms with van der Waals surface area (Å²) in [5, 5.41) is 14.8. The summed E-state index contributed by atoms with van der Waals surface area (Å²) in [5.74, 6) is 0.889. The molecule has 0 aromatic heterocycles. The molecule has 26 heavy (non-hydrogen) atoms. The van der Waals surface area contributed by atoms with E-state index in [9.17, 15) is 5.11 Å². The Balaban J connectivity index is 0.00000169. The zero-order chi connectivity index (χ0) is 17.0. The Kier molecular flexibility index (Phi) is 10.2. The van der Waals surface area contributed by atoms with Gasteiger partial charge in [0, 0.05) is 64.7 Å². The van der Waals surface area contributed by atoms with Crippen LogP contribution in [-0.2, 0) is 4.74 Å². The van der Waals surface area contributed by atoms with Gasteiger partial charge in [-0.3, -0.25) is 0 Å². The van der Waals surface area contributed by atoms with Crippen molar-refractivity contribution in [3.05, 3.63) is 28.2 Å².